The molecule has 0 saturated heterocycles. The Bertz CT molecular complexity index is 763. The first-order valence-electron chi connectivity index (χ1n) is 5.54. The normalized spacial score (nSPS) is 11.4. The first-order valence-corrected chi connectivity index (χ1v) is 7.78. The summed E-state index contributed by atoms with van der Waals surface area (Å²) in [6.45, 7) is 1.74. The van der Waals surface area contributed by atoms with Gasteiger partial charge in [-0.15, -0.1) is 0 Å². The van der Waals surface area contributed by atoms with Crippen molar-refractivity contribution >= 4 is 38.9 Å². The van der Waals surface area contributed by atoms with Crippen molar-refractivity contribution in [1.29, 1.82) is 0 Å². The zero-order valence-electron chi connectivity index (χ0n) is 10.3. The van der Waals surface area contributed by atoms with E-state index < -0.39 is 20.7 Å². The summed E-state index contributed by atoms with van der Waals surface area (Å²) in [5.41, 5.74) is 0.816. The van der Waals surface area contributed by atoms with E-state index >= 15 is 0 Å². The maximum absolute atomic E-state index is 13.6. The molecule has 0 aromatic heterocycles. The van der Waals surface area contributed by atoms with Crippen molar-refractivity contribution in [1.82, 2.24) is 0 Å². The minimum absolute atomic E-state index is 0.102. The molecular weight excluding hydrogens is 324 g/mol. The molecule has 0 unspecified atom stereocenters. The number of anilines is 1. The smallest absolute Gasteiger partial charge is 0.264 e. The van der Waals surface area contributed by atoms with Gasteiger partial charge in [-0.2, -0.15) is 0 Å². The minimum Gasteiger partial charge on any atom is -0.278 e. The van der Waals surface area contributed by atoms with E-state index in [1.165, 1.54) is 30.3 Å². The van der Waals surface area contributed by atoms with Crippen LogP contribution in [-0.4, -0.2) is 8.42 Å². The molecular formula is C13H10Cl2FNO2S. The standard InChI is InChI=1S/C13H10Cl2FNO2S/c1-8-6-10(15)12(7-9(8)14)17-20(18,19)13-5-3-2-4-11(13)16/h2-7,17H,1H3. The van der Waals surface area contributed by atoms with Gasteiger partial charge in [-0.05, 0) is 36.8 Å². The van der Waals surface area contributed by atoms with Gasteiger partial charge in [0.05, 0.1) is 10.7 Å². The molecule has 0 aliphatic heterocycles. The molecule has 0 saturated carbocycles. The summed E-state index contributed by atoms with van der Waals surface area (Å²) in [7, 11) is -4.06. The number of hydrogen-bond acceptors (Lipinski definition) is 2. The molecule has 0 radical (unpaired) electrons. The van der Waals surface area contributed by atoms with Gasteiger partial charge in [0.2, 0.25) is 0 Å². The first kappa shape index (κ1) is 15.1. The maximum atomic E-state index is 13.6. The Morgan fingerprint density at radius 3 is 2.40 bits per heavy atom. The Kier molecular flexibility index (Phi) is 4.22. The van der Waals surface area contributed by atoms with Crippen molar-refractivity contribution in [3.63, 3.8) is 0 Å². The Morgan fingerprint density at radius 2 is 1.75 bits per heavy atom. The summed E-state index contributed by atoms with van der Waals surface area (Å²) in [6, 6.07) is 7.99. The molecule has 0 fully saturated rings. The molecule has 0 spiro atoms. The second-order valence-electron chi connectivity index (χ2n) is 4.12. The lowest BCUT2D eigenvalue weighted by atomic mass is 10.2. The molecule has 2 aromatic carbocycles. The van der Waals surface area contributed by atoms with Crippen molar-refractivity contribution in [2.24, 2.45) is 0 Å². The minimum atomic E-state index is -4.06. The van der Waals surface area contributed by atoms with E-state index in [1.54, 1.807) is 6.92 Å². The third kappa shape index (κ3) is 3.06. The molecule has 0 aliphatic carbocycles. The number of sulfonamides is 1. The third-order valence-corrected chi connectivity index (χ3v) is 4.74. The highest BCUT2D eigenvalue weighted by Crippen LogP contribution is 2.30. The van der Waals surface area contributed by atoms with Crippen LogP contribution in [0.4, 0.5) is 10.1 Å². The van der Waals surface area contributed by atoms with Crippen molar-refractivity contribution < 1.29 is 12.8 Å². The monoisotopic (exact) mass is 333 g/mol. The fourth-order valence-electron chi connectivity index (χ4n) is 1.59. The van der Waals surface area contributed by atoms with E-state index in [0.29, 0.717) is 10.6 Å². The molecule has 1 N–H and O–H groups in total. The van der Waals surface area contributed by atoms with Gasteiger partial charge in [-0.3, -0.25) is 4.72 Å². The molecule has 0 bridgehead atoms. The Morgan fingerprint density at radius 1 is 1.10 bits per heavy atom. The lowest BCUT2D eigenvalue weighted by molar-refractivity contribution is 0.570. The van der Waals surface area contributed by atoms with Crippen molar-refractivity contribution in [3.05, 3.63) is 57.8 Å². The van der Waals surface area contributed by atoms with Crippen molar-refractivity contribution in [2.75, 3.05) is 4.72 Å². The van der Waals surface area contributed by atoms with Gasteiger partial charge in [0, 0.05) is 5.02 Å². The number of benzene rings is 2. The highest BCUT2D eigenvalue weighted by molar-refractivity contribution is 7.92. The molecule has 106 valence electrons. The zero-order chi connectivity index (χ0) is 14.9. The third-order valence-electron chi connectivity index (χ3n) is 2.62. The maximum Gasteiger partial charge on any atom is 0.264 e. The summed E-state index contributed by atoms with van der Waals surface area (Å²) >= 11 is 11.9. The van der Waals surface area contributed by atoms with Crippen LogP contribution in [0.1, 0.15) is 5.56 Å². The topological polar surface area (TPSA) is 46.2 Å². The van der Waals surface area contributed by atoms with E-state index in [4.69, 9.17) is 23.2 Å². The average Bonchev–Trinajstić information content (AvgIpc) is 2.36. The molecule has 3 nitrogen and oxygen atoms in total. The number of rotatable bonds is 3. The molecule has 2 aromatic rings. The van der Waals surface area contributed by atoms with Crippen LogP contribution in [0, 0.1) is 12.7 Å². The lowest BCUT2D eigenvalue weighted by Gasteiger charge is -2.11. The quantitative estimate of drug-likeness (QED) is 0.912. The molecule has 0 amide bonds. The number of hydrogen-bond donors (Lipinski definition) is 1. The van der Waals surface area contributed by atoms with Gasteiger partial charge >= 0.3 is 0 Å². The van der Waals surface area contributed by atoms with E-state index in [2.05, 4.69) is 4.72 Å². The van der Waals surface area contributed by atoms with E-state index in [-0.39, 0.29) is 10.7 Å². The Labute approximate surface area is 126 Å². The fraction of sp³-hybridized carbons (Fsp3) is 0.0769. The molecule has 7 heteroatoms. The van der Waals surface area contributed by atoms with Crippen LogP contribution in [0.2, 0.25) is 10.0 Å². The van der Waals surface area contributed by atoms with Crippen molar-refractivity contribution in [2.45, 2.75) is 11.8 Å². The van der Waals surface area contributed by atoms with Gasteiger partial charge in [0.15, 0.2) is 0 Å². The summed E-state index contributed by atoms with van der Waals surface area (Å²) in [4.78, 5) is -0.451. The summed E-state index contributed by atoms with van der Waals surface area (Å²) in [5.74, 6) is -0.839. The highest BCUT2D eigenvalue weighted by atomic mass is 35.5. The van der Waals surface area contributed by atoms with Gasteiger partial charge in [-0.25, -0.2) is 12.8 Å². The van der Waals surface area contributed by atoms with Crippen LogP contribution in [0.5, 0.6) is 0 Å². The molecule has 2 rings (SSSR count). The van der Waals surface area contributed by atoms with E-state index in [9.17, 15) is 12.8 Å². The van der Waals surface area contributed by atoms with Crippen molar-refractivity contribution in [3.8, 4) is 0 Å². The zero-order valence-corrected chi connectivity index (χ0v) is 12.7. The molecule has 20 heavy (non-hydrogen) atoms. The van der Waals surface area contributed by atoms with E-state index in [0.717, 1.165) is 6.07 Å². The van der Waals surface area contributed by atoms with Gasteiger partial charge < -0.3 is 0 Å². The fourth-order valence-corrected chi connectivity index (χ4v) is 3.22. The van der Waals surface area contributed by atoms with Gasteiger partial charge in [-0.1, -0.05) is 35.3 Å². The number of halogens is 3. The van der Waals surface area contributed by atoms with Crippen LogP contribution in [-0.2, 0) is 10.0 Å². The summed E-state index contributed by atoms with van der Waals surface area (Å²) < 4.78 is 40.0. The highest BCUT2D eigenvalue weighted by Gasteiger charge is 2.20. The first-order chi connectivity index (χ1) is 9.31. The predicted molar refractivity (Wildman–Crippen MR) is 78.4 cm³/mol. The van der Waals surface area contributed by atoms with Crippen LogP contribution >= 0.6 is 23.2 Å². The second kappa shape index (κ2) is 5.60. The number of aryl methyl sites for hydroxylation is 1. The summed E-state index contributed by atoms with van der Waals surface area (Å²) in [6.07, 6.45) is 0. The Balaban J connectivity index is 2.44. The van der Waals surface area contributed by atoms with Crippen LogP contribution in [0.3, 0.4) is 0 Å². The summed E-state index contributed by atoms with van der Waals surface area (Å²) in [5, 5.41) is 0.549. The van der Waals surface area contributed by atoms with Crippen LogP contribution in [0.15, 0.2) is 41.3 Å². The Hall–Kier alpha value is -1.30. The van der Waals surface area contributed by atoms with E-state index in [1.807, 2.05) is 0 Å². The lowest BCUT2D eigenvalue weighted by Crippen LogP contribution is -2.14. The molecule has 0 aliphatic rings. The SMILES string of the molecule is Cc1cc(Cl)c(NS(=O)(=O)c2ccccc2F)cc1Cl. The van der Waals surface area contributed by atoms with Gasteiger partial charge in [0.25, 0.3) is 10.0 Å². The van der Waals surface area contributed by atoms with Crippen LogP contribution < -0.4 is 4.72 Å². The average molecular weight is 334 g/mol. The second-order valence-corrected chi connectivity index (χ2v) is 6.58. The number of nitrogens with one attached hydrogen (secondary N) is 1. The van der Waals surface area contributed by atoms with Gasteiger partial charge in [0.1, 0.15) is 10.7 Å². The van der Waals surface area contributed by atoms with Crippen LogP contribution in [0.25, 0.3) is 0 Å². The molecule has 0 atom stereocenters. The predicted octanol–water partition coefficient (Wildman–Crippen LogP) is 4.24. The largest absolute Gasteiger partial charge is 0.278 e. The molecule has 0 heterocycles.